The number of fused-ring (bicyclic) bond motifs is 6. The molecule has 0 saturated heterocycles. The van der Waals surface area contributed by atoms with Crippen LogP contribution in [0.3, 0.4) is 0 Å². The first-order chi connectivity index (χ1) is 34.5. The van der Waals surface area contributed by atoms with Crippen LogP contribution in [-0.2, 0) is 0 Å². The van der Waals surface area contributed by atoms with E-state index in [2.05, 4.69) is 137 Å². The fourth-order valence-electron chi connectivity index (χ4n) is 9.92. The first kappa shape index (κ1) is 41.1. The predicted molar refractivity (Wildman–Crippen MR) is 277 cm³/mol. The summed E-state index contributed by atoms with van der Waals surface area (Å²) in [5.74, 6) is 0.363. The second-order valence-electron chi connectivity index (χ2n) is 17.0. The molecule has 0 unspecified atom stereocenters. The van der Waals surface area contributed by atoms with Crippen molar-refractivity contribution in [3.8, 4) is 91.8 Å². The highest BCUT2D eigenvalue weighted by atomic mass is 15.0. The SMILES string of the molecule is N#Cc1ccccc1-c1cc(-c2ccc(-c3cc(C#N)c(-c4ccc(-n5c6ccccc6c6cc(-n7c8ccccc8c8ccccc87)ccc65)cc4)c(C#N)c3)cc2)nc(-c2ccccc2C#N)n1. The van der Waals surface area contributed by atoms with Gasteiger partial charge in [-0.25, -0.2) is 9.97 Å². The highest BCUT2D eigenvalue weighted by Crippen LogP contribution is 2.39. The lowest BCUT2D eigenvalue weighted by atomic mass is 9.90. The number of aromatic nitrogens is 4. The van der Waals surface area contributed by atoms with E-state index in [1.807, 2.05) is 84.9 Å². The number of benzene rings is 9. The van der Waals surface area contributed by atoms with Crippen LogP contribution in [0.1, 0.15) is 22.3 Å². The van der Waals surface area contributed by atoms with Gasteiger partial charge in [0.15, 0.2) is 5.82 Å². The molecular formula is C62H34N8. The quantitative estimate of drug-likeness (QED) is 0.157. The fourth-order valence-corrected chi connectivity index (χ4v) is 9.92. The van der Waals surface area contributed by atoms with Crippen molar-refractivity contribution in [1.29, 1.82) is 21.0 Å². The summed E-state index contributed by atoms with van der Waals surface area (Å²) in [4.78, 5) is 9.76. The summed E-state index contributed by atoms with van der Waals surface area (Å²) in [6.07, 6.45) is 0. The molecule has 0 aliphatic heterocycles. The molecule has 0 N–H and O–H groups in total. The maximum Gasteiger partial charge on any atom is 0.161 e. The predicted octanol–water partition coefficient (Wildman–Crippen LogP) is 14.5. The Bertz CT molecular complexity index is 4120. The summed E-state index contributed by atoms with van der Waals surface area (Å²) in [6.45, 7) is 0. The minimum atomic E-state index is 0.363. The first-order valence-corrected chi connectivity index (χ1v) is 22.6. The van der Waals surface area contributed by atoms with Crippen molar-refractivity contribution in [2.24, 2.45) is 0 Å². The van der Waals surface area contributed by atoms with Crippen molar-refractivity contribution in [2.45, 2.75) is 0 Å². The van der Waals surface area contributed by atoms with Crippen LogP contribution in [-0.4, -0.2) is 19.1 Å². The monoisotopic (exact) mass is 890 g/mol. The van der Waals surface area contributed by atoms with Crippen LogP contribution < -0.4 is 0 Å². The van der Waals surface area contributed by atoms with E-state index in [9.17, 15) is 21.0 Å². The van der Waals surface area contributed by atoms with Gasteiger partial charge in [-0.15, -0.1) is 0 Å². The smallest absolute Gasteiger partial charge is 0.161 e. The summed E-state index contributed by atoms with van der Waals surface area (Å²) in [5.41, 5.74) is 14.2. The van der Waals surface area contributed by atoms with Gasteiger partial charge in [-0.05, 0) is 102 Å². The topological polar surface area (TPSA) is 131 Å². The second kappa shape index (κ2) is 16.8. The van der Waals surface area contributed by atoms with Gasteiger partial charge in [0.05, 0.1) is 80.0 Å². The van der Waals surface area contributed by atoms with E-state index < -0.39 is 0 Å². The Labute approximate surface area is 402 Å². The van der Waals surface area contributed by atoms with Gasteiger partial charge in [-0.2, -0.15) is 21.0 Å². The van der Waals surface area contributed by atoms with E-state index in [4.69, 9.17) is 9.97 Å². The third kappa shape index (κ3) is 6.73. The second-order valence-corrected chi connectivity index (χ2v) is 17.0. The lowest BCUT2D eigenvalue weighted by molar-refractivity contribution is 1.17. The molecule has 8 nitrogen and oxygen atoms in total. The summed E-state index contributed by atoms with van der Waals surface area (Å²) >= 11 is 0. The van der Waals surface area contributed by atoms with E-state index in [1.54, 1.807) is 18.2 Å². The van der Waals surface area contributed by atoms with E-state index in [0.717, 1.165) is 66.5 Å². The van der Waals surface area contributed by atoms with Crippen molar-refractivity contribution in [3.63, 3.8) is 0 Å². The Morgan fingerprint density at radius 1 is 0.314 bits per heavy atom. The zero-order valence-electron chi connectivity index (χ0n) is 37.2. The minimum absolute atomic E-state index is 0.363. The van der Waals surface area contributed by atoms with Crippen LogP contribution >= 0.6 is 0 Å². The highest BCUT2D eigenvalue weighted by molar-refractivity contribution is 6.12. The van der Waals surface area contributed by atoms with Crippen molar-refractivity contribution < 1.29 is 0 Å². The van der Waals surface area contributed by atoms with Crippen LogP contribution in [0.25, 0.3) is 111 Å². The molecule has 3 aromatic heterocycles. The molecule has 0 atom stereocenters. The number of para-hydroxylation sites is 3. The Kier molecular flexibility index (Phi) is 9.86. The van der Waals surface area contributed by atoms with E-state index in [1.165, 1.54) is 10.8 Å². The summed E-state index contributed by atoms with van der Waals surface area (Å²) in [5, 5.41) is 45.8. The van der Waals surface area contributed by atoms with Gasteiger partial charge < -0.3 is 9.13 Å². The van der Waals surface area contributed by atoms with E-state index in [0.29, 0.717) is 56.2 Å². The molecule has 8 heteroatoms. The van der Waals surface area contributed by atoms with Gasteiger partial charge >= 0.3 is 0 Å². The van der Waals surface area contributed by atoms with Gasteiger partial charge in [0.25, 0.3) is 0 Å². The molecule has 0 aliphatic rings. The lowest BCUT2D eigenvalue weighted by Gasteiger charge is -2.14. The van der Waals surface area contributed by atoms with Crippen LogP contribution in [0.4, 0.5) is 0 Å². The summed E-state index contributed by atoms with van der Waals surface area (Å²) < 4.78 is 4.61. The average molecular weight is 891 g/mol. The number of hydrogen-bond donors (Lipinski definition) is 0. The van der Waals surface area contributed by atoms with E-state index in [-0.39, 0.29) is 0 Å². The van der Waals surface area contributed by atoms with Crippen molar-refractivity contribution >= 4 is 43.6 Å². The molecule has 12 aromatic rings. The van der Waals surface area contributed by atoms with Crippen molar-refractivity contribution in [3.05, 3.63) is 229 Å². The molecule has 9 aromatic carbocycles. The molecule has 0 radical (unpaired) electrons. The first-order valence-electron chi connectivity index (χ1n) is 22.6. The minimum Gasteiger partial charge on any atom is -0.309 e. The van der Waals surface area contributed by atoms with Gasteiger partial charge in [0, 0.05) is 55.2 Å². The standard InChI is InChI=1S/C62H34N8/c63-35-42-11-1-3-13-49(42)56-34-55(67-62(68-56)50-14-4-2-12-43(50)36-64)40-23-21-39(22-24-40)44-31-45(37-65)61(46(32-44)38-66)41-25-27-47(28-26-41)69-59-20-10-7-17-53(59)54-33-48(29-30-60(54)69)70-57-18-8-5-15-51(57)52-16-6-9-19-58(52)70/h1-34H. The largest absolute Gasteiger partial charge is 0.309 e. The Hall–Kier alpha value is -10.4. The van der Waals surface area contributed by atoms with Crippen LogP contribution in [0.2, 0.25) is 0 Å². The molecule has 0 bridgehead atoms. The summed E-state index contributed by atoms with van der Waals surface area (Å²) in [6, 6.07) is 77.3. The zero-order chi connectivity index (χ0) is 47.3. The zero-order valence-corrected chi connectivity index (χ0v) is 37.2. The Morgan fingerprint density at radius 2 is 0.757 bits per heavy atom. The number of hydrogen-bond acceptors (Lipinski definition) is 6. The maximum atomic E-state index is 10.6. The molecule has 322 valence electrons. The molecular weight excluding hydrogens is 857 g/mol. The lowest BCUT2D eigenvalue weighted by Crippen LogP contribution is -1.98. The maximum absolute atomic E-state index is 10.6. The molecule has 0 amide bonds. The number of nitrogens with zero attached hydrogens (tertiary/aromatic N) is 8. The molecule has 0 spiro atoms. The van der Waals surface area contributed by atoms with Crippen molar-refractivity contribution in [1.82, 2.24) is 19.1 Å². The van der Waals surface area contributed by atoms with Gasteiger partial charge in [0.2, 0.25) is 0 Å². The van der Waals surface area contributed by atoms with Crippen LogP contribution in [0, 0.1) is 45.3 Å². The normalized spacial score (nSPS) is 11.1. The highest BCUT2D eigenvalue weighted by Gasteiger charge is 2.20. The number of nitriles is 4. The molecule has 12 rings (SSSR count). The van der Waals surface area contributed by atoms with Crippen molar-refractivity contribution in [2.75, 3.05) is 0 Å². The van der Waals surface area contributed by atoms with Gasteiger partial charge in [-0.1, -0.05) is 121 Å². The molecule has 3 heterocycles. The third-order valence-electron chi connectivity index (χ3n) is 13.1. The van der Waals surface area contributed by atoms with Crippen LogP contribution in [0.15, 0.2) is 206 Å². The number of rotatable bonds is 7. The molecule has 0 fully saturated rings. The Morgan fingerprint density at radius 3 is 1.36 bits per heavy atom. The summed E-state index contributed by atoms with van der Waals surface area (Å²) in [7, 11) is 0. The van der Waals surface area contributed by atoms with Gasteiger partial charge in [0.1, 0.15) is 0 Å². The molecule has 0 aliphatic carbocycles. The molecule has 0 saturated carbocycles. The fraction of sp³-hybridized carbons (Fsp3) is 0. The third-order valence-corrected chi connectivity index (χ3v) is 13.1. The average Bonchev–Trinajstić information content (AvgIpc) is 3.95. The van der Waals surface area contributed by atoms with Crippen LogP contribution in [0.5, 0.6) is 0 Å². The molecule has 70 heavy (non-hydrogen) atoms. The van der Waals surface area contributed by atoms with Gasteiger partial charge in [-0.3, -0.25) is 0 Å². The van der Waals surface area contributed by atoms with E-state index >= 15 is 0 Å². The Balaban J connectivity index is 0.894.